The lowest BCUT2D eigenvalue weighted by molar-refractivity contribution is -0.187. The largest absolute Gasteiger partial charge is 0.427 e. The number of rotatable bonds is 25. The minimum Gasteiger partial charge on any atom is -0.427 e. The van der Waals surface area contributed by atoms with Crippen LogP contribution in [-0.4, -0.2) is 140 Å². The Kier molecular flexibility index (Phi) is 17.5. The molecule has 2 saturated heterocycles. The number of imide groups is 2. The van der Waals surface area contributed by atoms with Gasteiger partial charge < -0.3 is 39.8 Å². The second-order valence-electron chi connectivity index (χ2n) is 18.2. The second-order valence-corrected chi connectivity index (χ2v) is 18.2. The van der Waals surface area contributed by atoms with Gasteiger partial charge in [0, 0.05) is 68.7 Å². The van der Waals surface area contributed by atoms with Gasteiger partial charge in [0.1, 0.15) is 18.4 Å². The van der Waals surface area contributed by atoms with Crippen LogP contribution >= 0.6 is 0 Å². The van der Waals surface area contributed by atoms with E-state index in [1.807, 2.05) is 6.92 Å². The van der Waals surface area contributed by atoms with E-state index in [4.69, 9.17) is 18.9 Å². The number of alkyl halides is 3. The van der Waals surface area contributed by atoms with Crippen LogP contribution in [0.5, 0.6) is 0 Å². The highest BCUT2D eigenvalue weighted by atomic mass is 19.4. The first-order chi connectivity index (χ1) is 34.5. The van der Waals surface area contributed by atoms with E-state index in [0.29, 0.717) is 108 Å². The molecule has 1 spiro atoms. The summed E-state index contributed by atoms with van der Waals surface area (Å²) in [4.78, 5) is 106. The zero-order chi connectivity index (χ0) is 51.6. The third-order valence-electron chi connectivity index (χ3n) is 13.2. The molecular formula is C51H59F3N6O12. The number of ether oxygens (including phenoxy) is 4. The zero-order valence-corrected chi connectivity index (χ0v) is 40.2. The molecule has 1 aliphatic carbocycles. The van der Waals surface area contributed by atoms with Gasteiger partial charge in [-0.25, -0.2) is 9.69 Å². The highest BCUT2D eigenvalue weighted by Gasteiger charge is 2.59. The van der Waals surface area contributed by atoms with Crippen LogP contribution in [-0.2, 0) is 61.5 Å². The summed E-state index contributed by atoms with van der Waals surface area (Å²) in [7, 11) is 0. The number of benzene rings is 3. The fraction of sp³-hybridized carbons (Fsp3) is 0.490. The van der Waals surface area contributed by atoms with Crippen molar-refractivity contribution in [3.8, 4) is 0 Å². The fourth-order valence-electron chi connectivity index (χ4n) is 9.13. The molecule has 3 aromatic carbocycles. The summed E-state index contributed by atoms with van der Waals surface area (Å²) in [5.41, 5.74) is 2.19. The van der Waals surface area contributed by atoms with Crippen LogP contribution in [0.4, 0.5) is 29.3 Å². The predicted molar refractivity (Wildman–Crippen MR) is 253 cm³/mol. The van der Waals surface area contributed by atoms with Crippen molar-refractivity contribution in [3.63, 3.8) is 0 Å². The maximum atomic E-state index is 13.9. The number of nitrogens with zero attached hydrogens (tertiary/aromatic N) is 3. The van der Waals surface area contributed by atoms with Crippen molar-refractivity contribution >= 4 is 58.7 Å². The van der Waals surface area contributed by atoms with Gasteiger partial charge in [-0.2, -0.15) is 13.2 Å². The lowest BCUT2D eigenvalue weighted by Gasteiger charge is -2.31. The molecule has 386 valence electrons. The van der Waals surface area contributed by atoms with Crippen LogP contribution in [0.2, 0.25) is 0 Å². The molecule has 7 rings (SSSR count). The third kappa shape index (κ3) is 12.7. The number of Topliss-reactive ketones (excluding diaryl/α,β-unsaturated/α-hetero) is 1. The Labute approximate surface area is 414 Å². The van der Waals surface area contributed by atoms with E-state index in [1.54, 1.807) is 60.7 Å². The predicted octanol–water partition coefficient (Wildman–Crippen LogP) is 5.59. The summed E-state index contributed by atoms with van der Waals surface area (Å²) in [6.07, 6.45) is -3.28. The van der Waals surface area contributed by atoms with Crippen LogP contribution in [0.15, 0.2) is 60.7 Å². The average Bonchev–Trinajstić information content (AvgIpc) is 3.93. The van der Waals surface area contributed by atoms with Crippen molar-refractivity contribution in [2.75, 3.05) is 69.9 Å². The number of carbonyl (C=O) groups is 8. The number of nitrogens with one attached hydrogen (secondary N) is 3. The summed E-state index contributed by atoms with van der Waals surface area (Å²) < 4.78 is 63.9. The topological polar surface area (TPSA) is 219 Å². The van der Waals surface area contributed by atoms with Gasteiger partial charge >= 0.3 is 12.3 Å². The number of ketones is 1. The molecule has 3 N–H and O–H groups in total. The van der Waals surface area contributed by atoms with E-state index in [9.17, 15) is 51.5 Å². The number of unbranched alkanes of at least 4 members (excludes halogenated alkanes) is 1. The second kappa shape index (κ2) is 23.7. The number of aryl methyl sites for hydroxylation is 2. The molecule has 72 heavy (non-hydrogen) atoms. The highest BCUT2D eigenvalue weighted by Crippen LogP contribution is 2.46. The molecule has 18 nitrogen and oxygen atoms in total. The number of halogens is 3. The number of piperidine rings is 1. The molecule has 2 fully saturated rings. The van der Waals surface area contributed by atoms with Crippen molar-refractivity contribution < 1.29 is 70.5 Å². The van der Waals surface area contributed by atoms with Gasteiger partial charge in [-0.05, 0) is 74.9 Å². The SMILES string of the molecule is Cc1ccc(CN(C(=O)CN2C(=O)O[C@@]3(CCc4cc(NC(=O)CCCCC(=O)CCOCCOCCOCCNc5cccc6c5C(=O)N(C5CCC(=O)NC5)C6=O)ccc43)C2=O)[C@@H](C)C(F)(F)F)cc1. The summed E-state index contributed by atoms with van der Waals surface area (Å²) in [5.74, 6) is -3.05. The lowest BCUT2D eigenvalue weighted by atomic mass is 9.94. The molecule has 3 aromatic rings. The lowest BCUT2D eigenvalue weighted by Crippen LogP contribution is -2.51. The Morgan fingerprint density at radius 2 is 1.58 bits per heavy atom. The van der Waals surface area contributed by atoms with Gasteiger partial charge in [0.15, 0.2) is 0 Å². The average molecular weight is 1010 g/mol. The van der Waals surface area contributed by atoms with Crippen LogP contribution in [0.3, 0.4) is 0 Å². The van der Waals surface area contributed by atoms with Crippen LogP contribution in [0.25, 0.3) is 0 Å². The molecule has 3 heterocycles. The fourth-order valence-corrected chi connectivity index (χ4v) is 9.13. The Bertz CT molecular complexity index is 2530. The maximum absolute atomic E-state index is 13.9. The van der Waals surface area contributed by atoms with Gasteiger partial charge in [-0.15, -0.1) is 0 Å². The molecule has 0 radical (unpaired) electrons. The molecule has 21 heteroatoms. The minimum atomic E-state index is -4.77. The number of amides is 7. The van der Waals surface area contributed by atoms with Gasteiger partial charge in [-0.1, -0.05) is 42.0 Å². The maximum Gasteiger partial charge on any atom is 0.418 e. The van der Waals surface area contributed by atoms with E-state index in [2.05, 4.69) is 16.0 Å². The van der Waals surface area contributed by atoms with E-state index in [0.717, 1.165) is 12.5 Å². The van der Waals surface area contributed by atoms with Crippen molar-refractivity contribution in [1.82, 2.24) is 20.0 Å². The first-order valence-electron chi connectivity index (χ1n) is 24.1. The van der Waals surface area contributed by atoms with Crippen molar-refractivity contribution in [3.05, 3.63) is 94.0 Å². The summed E-state index contributed by atoms with van der Waals surface area (Å²) in [6, 6.07) is 13.9. The molecule has 3 aliphatic heterocycles. The smallest absolute Gasteiger partial charge is 0.418 e. The number of fused-ring (bicyclic) bond motifs is 3. The van der Waals surface area contributed by atoms with Crippen LogP contribution in [0, 0.1) is 6.92 Å². The summed E-state index contributed by atoms with van der Waals surface area (Å²) in [6.45, 7) is 3.75. The van der Waals surface area contributed by atoms with E-state index in [1.165, 1.54) is 4.90 Å². The number of anilines is 2. The third-order valence-corrected chi connectivity index (χ3v) is 13.2. The molecule has 3 atom stereocenters. The van der Waals surface area contributed by atoms with E-state index >= 15 is 0 Å². The molecular weight excluding hydrogens is 946 g/mol. The zero-order valence-electron chi connectivity index (χ0n) is 40.2. The molecule has 0 aromatic heterocycles. The molecule has 7 amide bonds. The Morgan fingerprint density at radius 3 is 2.29 bits per heavy atom. The Balaban J connectivity index is 0.732. The molecule has 4 aliphatic rings. The summed E-state index contributed by atoms with van der Waals surface area (Å²) >= 11 is 0. The minimum absolute atomic E-state index is 0.000573. The molecule has 0 saturated carbocycles. The quantitative estimate of drug-likeness (QED) is 0.0698. The Hall–Kier alpha value is -6.71. The van der Waals surface area contributed by atoms with Gasteiger partial charge in [0.2, 0.25) is 23.3 Å². The summed E-state index contributed by atoms with van der Waals surface area (Å²) in [5, 5.41) is 8.71. The normalized spacial score (nSPS) is 18.8. The first kappa shape index (κ1) is 53.1. The highest BCUT2D eigenvalue weighted by molar-refractivity contribution is 6.24. The Morgan fingerprint density at radius 1 is 0.875 bits per heavy atom. The van der Waals surface area contributed by atoms with E-state index < -0.39 is 48.8 Å². The van der Waals surface area contributed by atoms with Crippen LogP contribution < -0.4 is 16.0 Å². The first-order valence-corrected chi connectivity index (χ1v) is 24.1. The number of hydrogen-bond donors (Lipinski definition) is 3. The number of hydrogen-bond acceptors (Lipinski definition) is 13. The standard InChI is InChI=1S/C51H59F3N6O12/c1-32-10-12-34(13-11-32)30-58(33(2)51(52,53)54)44(64)31-59-48(67)50(72-49(59)68)20-18-35-28-36(14-16-40(35)50)57-43(63)9-4-3-6-38(61)19-22-69-24-26-71-27-25-70-23-21-55-41-8-5-7-39-45(41)47(66)60(46(39)65)37-15-17-42(62)56-29-37/h5,7-8,10-14,16,28,33,37,55H,3-4,6,9,15,17-27,29-31H2,1-2H3,(H,56,62)(H,57,63)/t33-,37?,50+/m0/s1. The van der Waals surface area contributed by atoms with Crippen molar-refractivity contribution in [2.45, 2.75) is 102 Å². The van der Waals surface area contributed by atoms with E-state index in [-0.39, 0.29) is 87.3 Å². The monoisotopic (exact) mass is 1000 g/mol. The molecule has 1 unspecified atom stereocenters. The van der Waals surface area contributed by atoms with Gasteiger partial charge in [0.25, 0.3) is 17.7 Å². The molecule has 0 bridgehead atoms. The van der Waals surface area contributed by atoms with Gasteiger partial charge in [-0.3, -0.25) is 38.5 Å². The van der Waals surface area contributed by atoms with Gasteiger partial charge in [0.05, 0.1) is 56.8 Å². The van der Waals surface area contributed by atoms with Crippen LogP contribution in [0.1, 0.15) is 101 Å². The number of carbonyl (C=O) groups excluding carboxylic acids is 8. The van der Waals surface area contributed by atoms with Crippen molar-refractivity contribution in [2.24, 2.45) is 0 Å². The van der Waals surface area contributed by atoms with Crippen molar-refractivity contribution in [1.29, 1.82) is 0 Å².